The van der Waals surface area contributed by atoms with Crippen molar-refractivity contribution in [2.45, 2.75) is 25.0 Å². The third-order valence-corrected chi connectivity index (χ3v) is 6.01. The molecule has 0 radical (unpaired) electrons. The van der Waals surface area contributed by atoms with Crippen molar-refractivity contribution in [2.75, 3.05) is 13.2 Å². The molecule has 2 aliphatic rings. The molecular weight excluding hydrogens is 422 g/mol. The Morgan fingerprint density at radius 1 is 1.07 bits per heavy atom. The van der Waals surface area contributed by atoms with Crippen molar-refractivity contribution in [3.05, 3.63) is 80.1 Å². The lowest BCUT2D eigenvalue weighted by molar-refractivity contribution is 0.0486. The molecule has 28 heavy (non-hydrogen) atoms. The van der Waals surface area contributed by atoms with Crippen LogP contribution in [0.1, 0.15) is 40.6 Å². The van der Waals surface area contributed by atoms with Crippen LogP contribution in [0.4, 0.5) is 0 Å². The van der Waals surface area contributed by atoms with E-state index in [1.807, 2.05) is 24.3 Å². The van der Waals surface area contributed by atoms with Gasteiger partial charge in [0.15, 0.2) is 5.43 Å². The van der Waals surface area contributed by atoms with Crippen molar-refractivity contribution < 1.29 is 13.9 Å². The Morgan fingerprint density at radius 2 is 1.86 bits per heavy atom. The number of para-hydroxylation sites is 1. The van der Waals surface area contributed by atoms with Gasteiger partial charge in [-0.3, -0.25) is 9.59 Å². The van der Waals surface area contributed by atoms with Gasteiger partial charge in [-0.2, -0.15) is 0 Å². The number of carbonyl (C=O) groups is 1. The van der Waals surface area contributed by atoms with Gasteiger partial charge in [0.05, 0.1) is 23.1 Å². The van der Waals surface area contributed by atoms with Crippen molar-refractivity contribution >= 4 is 32.8 Å². The van der Waals surface area contributed by atoms with Crippen LogP contribution in [0.25, 0.3) is 11.0 Å². The first-order valence-corrected chi connectivity index (χ1v) is 10.2. The SMILES string of the molecule is O=C1c2oc3ccccc3c(=O)c2[C@H](c2ccc(Br)cc2)N1C[C@@H]1CCCO1. The van der Waals surface area contributed by atoms with Gasteiger partial charge in [0, 0.05) is 17.6 Å². The molecule has 5 rings (SSSR count). The van der Waals surface area contributed by atoms with Crippen LogP contribution in [0.3, 0.4) is 0 Å². The minimum Gasteiger partial charge on any atom is -0.450 e. The molecule has 3 aromatic rings. The quantitative estimate of drug-likeness (QED) is 0.610. The zero-order valence-electron chi connectivity index (χ0n) is 15.1. The first-order chi connectivity index (χ1) is 13.6. The summed E-state index contributed by atoms with van der Waals surface area (Å²) in [7, 11) is 0. The topological polar surface area (TPSA) is 59.8 Å². The van der Waals surface area contributed by atoms with Gasteiger partial charge in [-0.05, 0) is 42.7 Å². The smallest absolute Gasteiger partial charge is 0.291 e. The highest BCUT2D eigenvalue weighted by Gasteiger charge is 2.43. The zero-order valence-corrected chi connectivity index (χ0v) is 16.6. The minimum absolute atomic E-state index is 0.0132. The molecule has 0 aliphatic carbocycles. The van der Waals surface area contributed by atoms with Crippen molar-refractivity contribution in [2.24, 2.45) is 0 Å². The Balaban J connectivity index is 1.70. The Labute approximate surface area is 170 Å². The second-order valence-corrected chi connectivity index (χ2v) is 8.13. The maximum Gasteiger partial charge on any atom is 0.291 e. The van der Waals surface area contributed by atoms with Crippen LogP contribution < -0.4 is 5.43 Å². The van der Waals surface area contributed by atoms with E-state index < -0.39 is 6.04 Å². The zero-order chi connectivity index (χ0) is 19.3. The maximum atomic E-state index is 13.3. The van der Waals surface area contributed by atoms with Gasteiger partial charge >= 0.3 is 0 Å². The molecule has 2 aromatic carbocycles. The average molecular weight is 440 g/mol. The number of halogens is 1. The molecule has 3 heterocycles. The molecule has 2 aliphatic heterocycles. The maximum absolute atomic E-state index is 13.3. The lowest BCUT2D eigenvalue weighted by Gasteiger charge is -2.27. The number of rotatable bonds is 3. The number of carbonyl (C=O) groups excluding carboxylic acids is 1. The van der Waals surface area contributed by atoms with Crippen LogP contribution in [0, 0.1) is 0 Å². The average Bonchev–Trinajstić information content (AvgIpc) is 3.31. The molecule has 0 N–H and O–H groups in total. The fraction of sp³-hybridized carbons (Fsp3) is 0.273. The number of benzene rings is 2. The number of nitrogens with zero attached hydrogens (tertiary/aromatic N) is 1. The molecule has 6 heteroatoms. The van der Waals surface area contributed by atoms with Crippen molar-refractivity contribution in [3.8, 4) is 0 Å². The van der Waals surface area contributed by atoms with E-state index in [1.165, 1.54) is 0 Å². The Morgan fingerprint density at radius 3 is 2.61 bits per heavy atom. The number of fused-ring (bicyclic) bond motifs is 2. The molecule has 1 aromatic heterocycles. The summed E-state index contributed by atoms with van der Waals surface area (Å²) >= 11 is 3.45. The summed E-state index contributed by atoms with van der Waals surface area (Å²) in [5.74, 6) is -0.101. The van der Waals surface area contributed by atoms with Gasteiger partial charge < -0.3 is 14.1 Å². The molecule has 1 amide bonds. The first-order valence-electron chi connectivity index (χ1n) is 9.37. The summed E-state index contributed by atoms with van der Waals surface area (Å²) in [6, 6.07) is 14.3. The molecule has 5 nitrogen and oxygen atoms in total. The van der Waals surface area contributed by atoms with Crippen LogP contribution >= 0.6 is 15.9 Å². The summed E-state index contributed by atoms with van der Waals surface area (Å²) in [6.45, 7) is 1.16. The molecule has 2 atom stereocenters. The monoisotopic (exact) mass is 439 g/mol. The Kier molecular flexibility index (Phi) is 4.33. The van der Waals surface area contributed by atoms with Crippen LogP contribution in [0.15, 0.2) is 62.2 Å². The van der Waals surface area contributed by atoms with Gasteiger partial charge in [0.2, 0.25) is 5.76 Å². The highest BCUT2D eigenvalue weighted by Crippen LogP contribution is 2.39. The van der Waals surface area contributed by atoms with E-state index in [4.69, 9.17) is 9.15 Å². The summed E-state index contributed by atoms with van der Waals surface area (Å²) in [4.78, 5) is 28.3. The van der Waals surface area contributed by atoms with Crippen molar-refractivity contribution in [1.29, 1.82) is 0 Å². The molecule has 1 saturated heterocycles. The molecule has 142 valence electrons. The highest BCUT2D eigenvalue weighted by atomic mass is 79.9. The van der Waals surface area contributed by atoms with E-state index in [0.717, 1.165) is 22.9 Å². The van der Waals surface area contributed by atoms with Gasteiger partial charge in [0.25, 0.3) is 5.91 Å². The van der Waals surface area contributed by atoms with Crippen LogP contribution in [-0.2, 0) is 4.74 Å². The standard InChI is InChI=1S/C22H18BrNO4/c23-14-9-7-13(8-10-14)19-18-20(25)16-5-1-2-6-17(16)28-21(18)22(26)24(19)12-15-4-3-11-27-15/h1-2,5-10,15,19H,3-4,11-12H2/t15-,19-/m0/s1. The fourth-order valence-corrected chi connectivity index (χ4v) is 4.42. The number of ether oxygens (including phenoxy) is 1. The molecule has 1 fully saturated rings. The van der Waals surface area contributed by atoms with Crippen LogP contribution in [0.5, 0.6) is 0 Å². The van der Waals surface area contributed by atoms with E-state index in [-0.39, 0.29) is 23.2 Å². The van der Waals surface area contributed by atoms with Gasteiger partial charge in [0.1, 0.15) is 5.58 Å². The molecule has 0 bridgehead atoms. The third kappa shape index (κ3) is 2.79. The predicted molar refractivity (Wildman–Crippen MR) is 108 cm³/mol. The summed E-state index contributed by atoms with van der Waals surface area (Å²) < 4.78 is 12.6. The number of hydrogen-bond donors (Lipinski definition) is 0. The minimum atomic E-state index is -0.472. The van der Waals surface area contributed by atoms with E-state index in [0.29, 0.717) is 29.7 Å². The lowest BCUT2D eigenvalue weighted by Crippen LogP contribution is -2.36. The van der Waals surface area contributed by atoms with Crippen molar-refractivity contribution in [1.82, 2.24) is 4.90 Å². The molecular formula is C22H18BrNO4. The largest absolute Gasteiger partial charge is 0.450 e. The second kappa shape index (κ2) is 6.87. The lowest BCUT2D eigenvalue weighted by atomic mass is 9.98. The number of amides is 1. The van der Waals surface area contributed by atoms with Gasteiger partial charge in [-0.1, -0.05) is 40.2 Å². The second-order valence-electron chi connectivity index (χ2n) is 7.22. The summed E-state index contributed by atoms with van der Waals surface area (Å²) in [5, 5.41) is 0.495. The van der Waals surface area contributed by atoms with Crippen molar-refractivity contribution in [3.63, 3.8) is 0 Å². The summed E-state index contributed by atoms with van der Waals surface area (Å²) in [5.41, 5.74) is 1.60. The van der Waals surface area contributed by atoms with E-state index in [9.17, 15) is 9.59 Å². The first kappa shape index (κ1) is 17.6. The van der Waals surface area contributed by atoms with Gasteiger partial charge in [-0.25, -0.2) is 0 Å². The van der Waals surface area contributed by atoms with Crippen LogP contribution in [0.2, 0.25) is 0 Å². The highest BCUT2D eigenvalue weighted by molar-refractivity contribution is 9.10. The normalized spacial score (nSPS) is 21.5. The Bertz CT molecular complexity index is 1120. The number of hydrogen-bond acceptors (Lipinski definition) is 4. The molecule has 0 saturated carbocycles. The van der Waals surface area contributed by atoms with Crippen LogP contribution in [-0.4, -0.2) is 30.1 Å². The van der Waals surface area contributed by atoms with E-state index >= 15 is 0 Å². The molecule has 0 spiro atoms. The van der Waals surface area contributed by atoms with Gasteiger partial charge in [-0.15, -0.1) is 0 Å². The molecule has 0 unspecified atom stereocenters. The predicted octanol–water partition coefficient (Wildman–Crippen LogP) is 4.28. The summed E-state index contributed by atoms with van der Waals surface area (Å²) in [6.07, 6.45) is 1.89. The van der Waals surface area contributed by atoms with E-state index in [2.05, 4.69) is 15.9 Å². The third-order valence-electron chi connectivity index (χ3n) is 5.48. The fourth-order valence-electron chi connectivity index (χ4n) is 4.15. The Hall–Kier alpha value is -2.44. The van der Waals surface area contributed by atoms with E-state index in [1.54, 1.807) is 29.2 Å².